The summed E-state index contributed by atoms with van der Waals surface area (Å²) in [6, 6.07) is 11.1. The first kappa shape index (κ1) is 20.3. The zero-order valence-corrected chi connectivity index (χ0v) is 17.8. The van der Waals surface area contributed by atoms with E-state index in [0.29, 0.717) is 33.9 Å². The van der Waals surface area contributed by atoms with Gasteiger partial charge in [-0.1, -0.05) is 0 Å². The molecule has 0 saturated heterocycles. The number of pyridine rings is 2. The van der Waals surface area contributed by atoms with Gasteiger partial charge in [-0.15, -0.1) is 0 Å². The molecule has 0 fully saturated rings. The van der Waals surface area contributed by atoms with Gasteiger partial charge in [0.2, 0.25) is 0 Å². The Morgan fingerprint density at radius 3 is 2.48 bits per heavy atom. The van der Waals surface area contributed by atoms with Crippen LogP contribution in [0.5, 0.6) is 11.5 Å². The Labute approximate surface area is 179 Å². The van der Waals surface area contributed by atoms with E-state index in [4.69, 9.17) is 14.5 Å². The van der Waals surface area contributed by atoms with Gasteiger partial charge in [-0.3, -0.25) is 9.78 Å². The van der Waals surface area contributed by atoms with Gasteiger partial charge in [-0.05, 0) is 48.9 Å². The topological polar surface area (TPSA) is 91.2 Å². The lowest BCUT2D eigenvalue weighted by atomic mass is 10.1. The molecule has 1 unspecified atom stereocenters. The highest BCUT2D eigenvalue weighted by Crippen LogP contribution is 2.33. The molecular formula is C23H23N5O3. The van der Waals surface area contributed by atoms with Crippen molar-refractivity contribution in [1.82, 2.24) is 19.5 Å². The molecule has 0 saturated carbocycles. The second kappa shape index (κ2) is 8.43. The van der Waals surface area contributed by atoms with E-state index in [-0.39, 0.29) is 11.6 Å². The van der Waals surface area contributed by atoms with Gasteiger partial charge in [0, 0.05) is 25.0 Å². The van der Waals surface area contributed by atoms with Gasteiger partial charge >= 0.3 is 0 Å². The first-order valence-electron chi connectivity index (χ1n) is 9.77. The van der Waals surface area contributed by atoms with Crippen LogP contribution >= 0.6 is 0 Å². The molecule has 1 aromatic carbocycles. The van der Waals surface area contributed by atoms with E-state index >= 15 is 0 Å². The maximum Gasteiger partial charge on any atom is 0.264 e. The summed E-state index contributed by atoms with van der Waals surface area (Å²) in [6.45, 7) is 2.01. The Balaban J connectivity index is 1.87. The molecule has 31 heavy (non-hydrogen) atoms. The van der Waals surface area contributed by atoms with Crippen molar-refractivity contribution in [3.63, 3.8) is 0 Å². The summed E-state index contributed by atoms with van der Waals surface area (Å²) < 4.78 is 12.2. The summed E-state index contributed by atoms with van der Waals surface area (Å²) in [5, 5.41) is 3.82. The smallest absolute Gasteiger partial charge is 0.264 e. The summed E-state index contributed by atoms with van der Waals surface area (Å²) in [7, 11) is 4.85. The minimum atomic E-state index is -0.166. The lowest BCUT2D eigenvalue weighted by Gasteiger charge is -2.17. The number of benzene rings is 1. The summed E-state index contributed by atoms with van der Waals surface area (Å²) in [6.07, 6.45) is 4.98. The van der Waals surface area contributed by atoms with Crippen LogP contribution in [0.15, 0.2) is 59.9 Å². The average molecular weight is 417 g/mol. The van der Waals surface area contributed by atoms with Crippen LogP contribution in [0.25, 0.3) is 22.2 Å². The number of hydrogen-bond donors (Lipinski definition) is 1. The molecular weight excluding hydrogens is 394 g/mol. The van der Waals surface area contributed by atoms with Gasteiger partial charge in [-0.2, -0.15) is 0 Å². The molecule has 0 aliphatic heterocycles. The number of anilines is 1. The Morgan fingerprint density at radius 2 is 1.77 bits per heavy atom. The monoisotopic (exact) mass is 417 g/mol. The average Bonchev–Trinajstić information content (AvgIpc) is 2.81. The number of fused-ring (bicyclic) bond motifs is 1. The predicted molar refractivity (Wildman–Crippen MR) is 120 cm³/mol. The van der Waals surface area contributed by atoms with E-state index in [1.807, 2.05) is 37.3 Å². The zero-order valence-electron chi connectivity index (χ0n) is 17.8. The van der Waals surface area contributed by atoms with E-state index in [1.54, 1.807) is 39.7 Å². The molecule has 158 valence electrons. The summed E-state index contributed by atoms with van der Waals surface area (Å²) in [5.41, 5.74) is 2.91. The molecule has 0 aliphatic carbocycles. The van der Waals surface area contributed by atoms with Gasteiger partial charge < -0.3 is 19.4 Å². The minimum absolute atomic E-state index is 0.0933. The molecule has 3 heterocycles. The highest BCUT2D eigenvalue weighted by Gasteiger charge is 2.16. The zero-order chi connectivity index (χ0) is 22.0. The Kier molecular flexibility index (Phi) is 5.53. The number of aryl methyl sites for hydroxylation is 1. The van der Waals surface area contributed by atoms with Gasteiger partial charge in [0.25, 0.3) is 5.56 Å². The fourth-order valence-corrected chi connectivity index (χ4v) is 3.41. The third-order valence-corrected chi connectivity index (χ3v) is 5.14. The lowest BCUT2D eigenvalue weighted by molar-refractivity contribution is 0.355. The number of hydrogen-bond acceptors (Lipinski definition) is 7. The number of ether oxygens (including phenoxy) is 2. The molecule has 0 bridgehead atoms. The van der Waals surface area contributed by atoms with E-state index in [0.717, 1.165) is 11.1 Å². The largest absolute Gasteiger partial charge is 0.493 e. The Morgan fingerprint density at radius 1 is 1.03 bits per heavy atom. The molecule has 0 radical (unpaired) electrons. The number of methoxy groups -OCH3 is 2. The van der Waals surface area contributed by atoms with E-state index < -0.39 is 0 Å². The highest BCUT2D eigenvalue weighted by molar-refractivity contribution is 5.91. The van der Waals surface area contributed by atoms with Crippen molar-refractivity contribution in [2.24, 2.45) is 7.05 Å². The number of nitrogens with one attached hydrogen (secondary N) is 1. The maximum atomic E-state index is 12.9. The molecule has 1 N–H and O–H groups in total. The third-order valence-electron chi connectivity index (χ3n) is 5.14. The van der Waals surface area contributed by atoms with Gasteiger partial charge in [-0.25, -0.2) is 9.97 Å². The van der Waals surface area contributed by atoms with Crippen molar-refractivity contribution >= 4 is 16.7 Å². The van der Waals surface area contributed by atoms with Crippen molar-refractivity contribution in [3.05, 3.63) is 71.0 Å². The number of nitrogens with zero attached hydrogens (tertiary/aromatic N) is 4. The Bertz CT molecular complexity index is 1290. The molecule has 8 nitrogen and oxygen atoms in total. The van der Waals surface area contributed by atoms with Crippen LogP contribution in [0, 0.1) is 0 Å². The highest BCUT2D eigenvalue weighted by atomic mass is 16.5. The molecule has 0 spiro atoms. The molecule has 4 rings (SSSR count). The molecule has 0 aliphatic rings. The second-order valence-electron chi connectivity index (χ2n) is 7.13. The predicted octanol–water partition coefficient (Wildman–Crippen LogP) is 3.58. The number of rotatable bonds is 6. The third kappa shape index (κ3) is 3.92. The normalized spacial score (nSPS) is 11.9. The summed E-state index contributed by atoms with van der Waals surface area (Å²) >= 11 is 0. The maximum absolute atomic E-state index is 12.9. The second-order valence-corrected chi connectivity index (χ2v) is 7.13. The molecule has 4 aromatic rings. The van der Waals surface area contributed by atoms with Crippen LogP contribution in [-0.2, 0) is 7.05 Å². The SMILES string of the molecule is COc1ccc(-c2cc3ncn(C)c(=O)c3c(NC(C)c3ccncc3)n2)cc1OC. The van der Waals surface area contributed by atoms with E-state index in [1.165, 1.54) is 10.9 Å². The molecule has 0 amide bonds. The standard InChI is InChI=1S/C23H23N5O3/c1-14(15-7-9-24-10-8-15)26-22-21-18(25-13-28(2)23(21)29)12-17(27-22)16-5-6-19(30-3)20(11-16)31-4/h5-14H,1-4H3,(H,26,27). The van der Waals surface area contributed by atoms with Gasteiger partial charge in [0.15, 0.2) is 11.5 Å². The van der Waals surface area contributed by atoms with E-state index in [2.05, 4.69) is 15.3 Å². The van der Waals surface area contributed by atoms with Crippen molar-refractivity contribution in [3.8, 4) is 22.8 Å². The van der Waals surface area contributed by atoms with Gasteiger partial charge in [0.05, 0.1) is 37.8 Å². The first-order valence-corrected chi connectivity index (χ1v) is 9.77. The van der Waals surface area contributed by atoms with Crippen molar-refractivity contribution in [2.75, 3.05) is 19.5 Å². The van der Waals surface area contributed by atoms with Gasteiger partial charge in [0.1, 0.15) is 11.2 Å². The summed E-state index contributed by atoms with van der Waals surface area (Å²) in [5.74, 6) is 1.70. The van der Waals surface area contributed by atoms with Crippen LogP contribution in [0.3, 0.4) is 0 Å². The van der Waals surface area contributed by atoms with E-state index in [9.17, 15) is 4.79 Å². The quantitative estimate of drug-likeness (QED) is 0.513. The van der Waals surface area contributed by atoms with Crippen LogP contribution in [0.4, 0.5) is 5.82 Å². The molecule has 3 aromatic heterocycles. The fourth-order valence-electron chi connectivity index (χ4n) is 3.41. The van der Waals surface area contributed by atoms with Crippen LogP contribution in [0.2, 0.25) is 0 Å². The summed E-state index contributed by atoms with van der Waals surface area (Å²) in [4.78, 5) is 26.2. The fraction of sp³-hybridized carbons (Fsp3) is 0.217. The van der Waals surface area contributed by atoms with Crippen LogP contribution in [0.1, 0.15) is 18.5 Å². The van der Waals surface area contributed by atoms with Crippen molar-refractivity contribution in [1.29, 1.82) is 0 Å². The Hall–Kier alpha value is -3.94. The van der Waals surface area contributed by atoms with Crippen LogP contribution < -0.4 is 20.3 Å². The lowest BCUT2D eigenvalue weighted by Crippen LogP contribution is -2.20. The molecule has 1 atom stereocenters. The number of aromatic nitrogens is 4. The van der Waals surface area contributed by atoms with Crippen molar-refractivity contribution < 1.29 is 9.47 Å². The first-order chi connectivity index (χ1) is 15.0. The van der Waals surface area contributed by atoms with Crippen LogP contribution in [-0.4, -0.2) is 33.7 Å². The molecule has 8 heteroatoms. The minimum Gasteiger partial charge on any atom is -0.493 e. The van der Waals surface area contributed by atoms with Crippen molar-refractivity contribution in [2.45, 2.75) is 13.0 Å².